The molecule has 0 amide bonds. The van der Waals surface area contributed by atoms with E-state index in [0.29, 0.717) is 0 Å². The van der Waals surface area contributed by atoms with Gasteiger partial charge in [0.25, 0.3) is 0 Å². The van der Waals surface area contributed by atoms with Gasteiger partial charge in [0.15, 0.2) is 0 Å². The molecule has 2 aliphatic carbocycles. The Labute approximate surface area is 199 Å². The minimum Gasteiger partial charge on any atom is -0.385 e. The van der Waals surface area contributed by atoms with Crippen LogP contribution in [-0.2, 0) is 0 Å². The Balaban J connectivity index is 1.54. The molecule has 1 N–H and O–H groups in total. The second-order valence-electron chi connectivity index (χ2n) is 9.63. The molecule has 0 atom stereocenters. The molecular weight excluding hydrogens is 386 g/mol. The van der Waals surface area contributed by atoms with Crippen LogP contribution in [0.5, 0.6) is 0 Å². The van der Waals surface area contributed by atoms with Crippen molar-refractivity contribution in [2.24, 2.45) is 5.92 Å². The first kappa shape index (κ1) is 26.5. The van der Waals surface area contributed by atoms with Crippen molar-refractivity contribution in [3.05, 3.63) is 72.5 Å². The fourth-order valence-electron chi connectivity index (χ4n) is 4.80. The molecular formula is C31H49N. The highest BCUT2D eigenvalue weighted by Crippen LogP contribution is 2.25. The van der Waals surface area contributed by atoms with E-state index in [1.165, 1.54) is 115 Å². The van der Waals surface area contributed by atoms with Crippen molar-refractivity contribution in [2.45, 2.75) is 109 Å². The molecule has 0 saturated heterocycles. The van der Waals surface area contributed by atoms with Crippen molar-refractivity contribution in [1.82, 2.24) is 5.32 Å². The first-order valence-electron chi connectivity index (χ1n) is 13.7. The Bertz CT molecular complexity index is 604. The first-order chi connectivity index (χ1) is 15.9. The molecule has 0 bridgehead atoms. The number of allylic oxidation sites excluding steroid dienone is 11. The van der Waals surface area contributed by atoms with Crippen molar-refractivity contribution in [2.75, 3.05) is 6.54 Å². The smallest absolute Gasteiger partial charge is 0.0340 e. The topological polar surface area (TPSA) is 12.0 Å². The van der Waals surface area contributed by atoms with E-state index in [2.05, 4.69) is 66.1 Å². The number of nitrogens with one attached hydrogen (secondary N) is 1. The quantitative estimate of drug-likeness (QED) is 0.355. The van der Waals surface area contributed by atoms with Crippen molar-refractivity contribution >= 4 is 0 Å². The number of unbranched alkanes of at least 4 members (excludes halogenated alkanes) is 4. The van der Waals surface area contributed by atoms with Crippen LogP contribution >= 0.6 is 0 Å². The van der Waals surface area contributed by atoms with Gasteiger partial charge in [0.05, 0.1) is 0 Å². The second kappa shape index (κ2) is 19.9. The van der Waals surface area contributed by atoms with Gasteiger partial charge in [-0.15, -0.1) is 0 Å². The van der Waals surface area contributed by atoms with Crippen LogP contribution in [0, 0.1) is 5.92 Å². The van der Waals surface area contributed by atoms with E-state index in [9.17, 15) is 0 Å². The predicted molar refractivity (Wildman–Crippen MR) is 144 cm³/mol. The summed E-state index contributed by atoms with van der Waals surface area (Å²) in [7, 11) is 0. The third-order valence-electron chi connectivity index (χ3n) is 6.78. The maximum atomic E-state index is 3.60. The summed E-state index contributed by atoms with van der Waals surface area (Å²) >= 11 is 0. The molecule has 2 rings (SSSR count). The van der Waals surface area contributed by atoms with E-state index >= 15 is 0 Å². The zero-order valence-electron chi connectivity index (χ0n) is 20.7. The average molecular weight is 436 g/mol. The van der Waals surface area contributed by atoms with Gasteiger partial charge in [-0.05, 0) is 24.5 Å². The molecule has 0 radical (unpaired) electrons. The largest absolute Gasteiger partial charge is 0.385 e. The van der Waals surface area contributed by atoms with Gasteiger partial charge in [-0.2, -0.15) is 0 Å². The minimum absolute atomic E-state index is 1.02. The van der Waals surface area contributed by atoms with Crippen molar-refractivity contribution < 1.29 is 0 Å². The summed E-state index contributed by atoms with van der Waals surface area (Å²) in [5.41, 5.74) is 1.19. The number of hydrogen-bond acceptors (Lipinski definition) is 1. The van der Waals surface area contributed by atoms with Gasteiger partial charge in [0.1, 0.15) is 0 Å². The molecule has 0 aromatic rings. The fourth-order valence-corrected chi connectivity index (χ4v) is 4.80. The van der Waals surface area contributed by atoms with E-state index in [4.69, 9.17) is 0 Å². The van der Waals surface area contributed by atoms with Gasteiger partial charge < -0.3 is 5.32 Å². The molecule has 1 fully saturated rings. The lowest BCUT2D eigenvalue weighted by atomic mass is 9.89. The SMILES string of the molecule is C1=C\C=C/C=C(NCCCCCCCC2CCCCCCCCCCC2)\C=C/C=C/C=C1. The van der Waals surface area contributed by atoms with Crippen LogP contribution in [0.3, 0.4) is 0 Å². The van der Waals surface area contributed by atoms with E-state index in [-0.39, 0.29) is 0 Å². The summed E-state index contributed by atoms with van der Waals surface area (Å²) in [6.45, 7) is 1.06. The molecule has 0 unspecified atom stereocenters. The van der Waals surface area contributed by atoms with Crippen LogP contribution in [0.2, 0.25) is 0 Å². The molecule has 178 valence electrons. The highest BCUT2D eigenvalue weighted by atomic mass is 14.9. The minimum atomic E-state index is 1.02. The lowest BCUT2D eigenvalue weighted by Crippen LogP contribution is -2.13. The molecule has 0 spiro atoms. The molecule has 0 aromatic heterocycles. The van der Waals surface area contributed by atoms with Gasteiger partial charge in [0, 0.05) is 12.2 Å². The van der Waals surface area contributed by atoms with Crippen molar-refractivity contribution in [1.29, 1.82) is 0 Å². The monoisotopic (exact) mass is 435 g/mol. The molecule has 0 heterocycles. The maximum Gasteiger partial charge on any atom is 0.0340 e. The molecule has 32 heavy (non-hydrogen) atoms. The van der Waals surface area contributed by atoms with Crippen LogP contribution in [0.1, 0.15) is 109 Å². The van der Waals surface area contributed by atoms with Gasteiger partial charge in [0.2, 0.25) is 0 Å². The third-order valence-corrected chi connectivity index (χ3v) is 6.78. The molecule has 0 aromatic carbocycles. The van der Waals surface area contributed by atoms with Crippen molar-refractivity contribution in [3.8, 4) is 0 Å². The number of hydrogen-bond donors (Lipinski definition) is 1. The molecule has 1 heteroatoms. The van der Waals surface area contributed by atoms with Gasteiger partial charge in [-0.1, -0.05) is 157 Å². The Hall–Kier alpha value is -1.76. The van der Waals surface area contributed by atoms with Crippen LogP contribution in [0.4, 0.5) is 0 Å². The summed E-state index contributed by atoms with van der Waals surface area (Å²) in [5.74, 6) is 1.02. The Kier molecular flexibility index (Phi) is 16.5. The average Bonchev–Trinajstić information content (AvgIpc) is 2.78. The predicted octanol–water partition coefficient (Wildman–Crippen LogP) is 9.52. The van der Waals surface area contributed by atoms with Crippen LogP contribution < -0.4 is 5.32 Å². The van der Waals surface area contributed by atoms with E-state index in [1.807, 2.05) is 6.08 Å². The lowest BCUT2D eigenvalue weighted by molar-refractivity contribution is 0.360. The van der Waals surface area contributed by atoms with E-state index in [1.54, 1.807) is 0 Å². The summed E-state index contributed by atoms with van der Waals surface area (Å²) in [6.07, 6.45) is 47.6. The highest BCUT2D eigenvalue weighted by Gasteiger charge is 2.09. The summed E-state index contributed by atoms with van der Waals surface area (Å²) < 4.78 is 0. The lowest BCUT2D eigenvalue weighted by Gasteiger charge is -2.18. The molecule has 1 nitrogen and oxygen atoms in total. The number of rotatable bonds is 9. The Morgan fingerprint density at radius 1 is 0.531 bits per heavy atom. The van der Waals surface area contributed by atoms with Crippen molar-refractivity contribution in [3.63, 3.8) is 0 Å². The van der Waals surface area contributed by atoms with E-state index in [0.717, 1.165) is 12.5 Å². The molecule has 1 saturated carbocycles. The summed E-state index contributed by atoms with van der Waals surface area (Å²) in [6, 6.07) is 0. The first-order valence-corrected chi connectivity index (χ1v) is 13.7. The van der Waals surface area contributed by atoms with Crippen LogP contribution in [-0.4, -0.2) is 6.54 Å². The third kappa shape index (κ3) is 15.1. The summed E-state index contributed by atoms with van der Waals surface area (Å²) in [5, 5.41) is 3.60. The zero-order chi connectivity index (χ0) is 22.4. The Morgan fingerprint density at radius 2 is 1.03 bits per heavy atom. The normalized spacial score (nSPS) is 24.1. The second-order valence-corrected chi connectivity index (χ2v) is 9.63. The van der Waals surface area contributed by atoms with E-state index < -0.39 is 0 Å². The summed E-state index contributed by atoms with van der Waals surface area (Å²) in [4.78, 5) is 0. The maximum absolute atomic E-state index is 3.60. The molecule has 0 aliphatic heterocycles. The molecule has 2 aliphatic rings. The van der Waals surface area contributed by atoms with Gasteiger partial charge >= 0.3 is 0 Å². The fraction of sp³-hybridized carbons (Fsp3) is 0.613. The zero-order valence-corrected chi connectivity index (χ0v) is 20.7. The van der Waals surface area contributed by atoms with Gasteiger partial charge in [-0.25, -0.2) is 0 Å². The van der Waals surface area contributed by atoms with Crippen LogP contribution in [0.25, 0.3) is 0 Å². The highest BCUT2D eigenvalue weighted by molar-refractivity contribution is 5.28. The van der Waals surface area contributed by atoms with Crippen LogP contribution in [0.15, 0.2) is 72.5 Å². The standard InChI is InChI=1S/C31H49N/c1-3-7-12-18-24-30(25-19-13-8-4-1)26-20-14-11-17-23-29-32-31-27-21-15-9-5-2-6-10-16-22-28-31/h2,5-6,9-10,15-16,21-22,27-28,30,32H,1,3-4,7-8,11-14,17-20,23-26,29H2/b5-2?,6-2?,9-5?,10-6?,15-9+,16-10?,21-15?,22-16-,27-21-,28-22?,31-27?,31-28+. The van der Waals surface area contributed by atoms with Gasteiger partial charge in [-0.3, -0.25) is 0 Å². The Morgan fingerprint density at radius 3 is 1.69 bits per heavy atom.